The van der Waals surface area contributed by atoms with Gasteiger partial charge in [-0.05, 0) is 68.3 Å². The molecule has 0 bridgehead atoms. The van der Waals surface area contributed by atoms with E-state index < -0.39 is 42.7 Å². The highest BCUT2D eigenvalue weighted by atomic mass is 16.7. The summed E-state index contributed by atoms with van der Waals surface area (Å²) in [6.07, 6.45) is -1.44. The molecular formula is C35H46N2O10. The number of aliphatic hydroxyl groups excluding tert-OH is 4. The van der Waals surface area contributed by atoms with Gasteiger partial charge >= 0.3 is 0 Å². The Bertz CT molecular complexity index is 1610. The maximum Gasteiger partial charge on any atom is 0.229 e. The van der Waals surface area contributed by atoms with Crippen LogP contribution in [0.15, 0.2) is 39.7 Å². The van der Waals surface area contributed by atoms with Crippen LogP contribution in [-0.2, 0) is 17.8 Å². The minimum atomic E-state index is -1.58. The summed E-state index contributed by atoms with van der Waals surface area (Å²) in [5.74, 6) is 0.941. The first kappa shape index (κ1) is 33.7. The molecule has 0 unspecified atom stereocenters. The van der Waals surface area contributed by atoms with Gasteiger partial charge in [0, 0.05) is 26.2 Å². The number of likely N-dealkylation sites (tertiary alicyclic amines) is 2. The highest BCUT2D eigenvalue weighted by Crippen LogP contribution is 2.41. The quantitative estimate of drug-likeness (QED) is 0.210. The summed E-state index contributed by atoms with van der Waals surface area (Å²) in [7, 11) is 0. The Morgan fingerprint density at radius 3 is 2.06 bits per heavy atom. The van der Waals surface area contributed by atoms with Crippen molar-refractivity contribution in [3.8, 4) is 28.4 Å². The van der Waals surface area contributed by atoms with Gasteiger partial charge in [0.25, 0.3) is 0 Å². The lowest BCUT2D eigenvalue weighted by molar-refractivity contribution is -0.277. The maximum absolute atomic E-state index is 14.1. The number of hydrogen-bond acceptors (Lipinski definition) is 12. The van der Waals surface area contributed by atoms with E-state index in [4.69, 9.17) is 13.9 Å². The second-order valence-corrected chi connectivity index (χ2v) is 13.6. The highest BCUT2D eigenvalue weighted by molar-refractivity contribution is 5.92. The fourth-order valence-electron chi connectivity index (χ4n) is 7.27. The molecule has 6 rings (SSSR count). The lowest BCUT2D eigenvalue weighted by Crippen LogP contribution is -2.60. The molecule has 0 amide bonds. The van der Waals surface area contributed by atoms with E-state index in [0.29, 0.717) is 41.6 Å². The van der Waals surface area contributed by atoms with Crippen LogP contribution < -0.4 is 10.2 Å². The SMILES string of the molecule is C[C@@H]1CCCN(Cc2c(O)c(CN3CCC[C@@H](C)C3)c3occ(-c4ccc(O[C@@H]5O[C@H](CO)[C@@H](O)[C@H](O)[C@H]5O)cc4)c(=O)c3c2O)C1. The lowest BCUT2D eigenvalue weighted by atomic mass is 9.95. The van der Waals surface area contributed by atoms with E-state index in [0.717, 1.165) is 51.9 Å². The predicted molar refractivity (Wildman–Crippen MR) is 173 cm³/mol. The predicted octanol–water partition coefficient (Wildman–Crippen LogP) is 2.51. The number of aromatic hydroxyl groups is 2. The molecule has 0 radical (unpaired) electrons. The average molecular weight is 655 g/mol. The van der Waals surface area contributed by atoms with Crippen molar-refractivity contribution in [3.63, 3.8) is 0 Å². The summed E-state index contributed by atoms with van der Waals surface area (Å²) in [6, 6.07) is 6.31. The van der Waals surface area contributed by atoms with Crippen molar-refractivity contribution in [1.82, 2.24) is 9.80 Å². The van der Waals surface area contributed by atoms with Crippen LogP contribution in [0.4, 0.5) is 0 Å². The van der Waals surface area contributed by atoms with E-state index in [1.807, 2.05) is 0 Å². The third-order valence-corrected chi connectivity index (χ3v) is 9.87. The number of hydrogen-bond donors (Lipinski definition) is 6. The van der Waals surface area contributed by atoms with Crippen LogP contribution in [0.2, 0.25) is 0 Å². The van der Waals surface area contributed by atoms with Gasteiger partial charge in [0.15, 0.2) is 0 Å². The Morgan fingerprint density at radius 1 is 0.851 bits per heavy atom. The molecular weight excluding hydrogens is 608 g/mol. The van der Waals surface area contributed by atoms with Crippen LogP contribution in [0.5, 0.6) is 17.2 Å². The Balaban J connectivity index is 1.34. The zero-order valence-electron chi connectivity index (χ0n) is 26.9. The van der Waals surface area contributed by atoms with Gasteiger partial charge in [-0.1, -0.05) is 26.0 Å². The topological polar surface area (TPSA) is 177 Å². The second kappa shape index (κ2) is 14.1. The Kier molecular flexibility index (Phi) is 10.1. The van der Waals surface area contributed by atoms with Crippen LogP contribution in [0.3, 0.4) is 0 Å². The van der Waals surface area contributed by atoms with Crippen molar-refractivity contribution in [2.75, 3.05) is 32.8 Å². The summed E-state index contributed by atoms with van der Waals surface area (Å²) in [4.78, 5) is 18.6. The summed E-state index contributed by atoms with van der Waals surface area (Å²) in [5.41, 5.74) is 1.25. The van der Waals surface area contributed by atoms with Gasteiger partial charge in [-0.15, -0.1) is 0 Å². The number of fused-ring (bicyclic) bond motifs is 1. The number of benzene rings is 2. The van der Waals surface area contributed by atoms with Gasteiger partial charge in [0.1, 0.15) is 58.9 Å². The number of piperidine rings is 2. The van der Waals surface area contributed by atoms with Gasteiger partial charge in [0.2, 0.25) is 11.7 Å². The standard InChI is InChI=1S/C35H46N2O10/c1-19-5-3-11-36(13-19)15-23-28(39)24(16-37-12-4-6-20(2)14-37)34-27(29(23)40)30(41)25(18-45-34)21-7-9-22(10-8-21)46-35-33(44)32(43)31(42)26(17-38)47-35/h7-10,18-20,26,31-33,35,38-40,42-44H,3-6,11-17H2,1-2H3/t19-,20-,26-,31-,32+,33-,35-/m1/s1. The van der Waals surface area contributed by atoms with E-state index in [2.05, 4.69) is 23.6 Å². The molecule has 3 saturated heterocycles. The summed E-state index contributed by atoms with van der Waals surface area (Å²) in [6.45, 7) is 7.93. The molecule has 3 fully saturated rings. The number of ether oxygens (including phenoxy) is 2. The number of rotatable bonds is 8. The minimum Gasteiger partial charge on any atom is -0.507 e. The number of phenolic OH excluding ortho intramolecular Hbond substituents is 2. The molecule has 0 spiro atoms. The van der Waals surface area contributed by atoms with Crippen LogP contribution in [-0.4, -0.2) is 104 Å². The highest BCUT2D eigenvalue weighted by Gasteiger charge is 2.44. The lowest BCUT2D eigenvalue weighted by Gasteiger charge is -2.39. The molecule has 12 heteroatoms. The van der Waals surface area contributed by atoms with Crippen LogP contribution in [0.1, 0.15) is 50.7 Å². The van der Waals surface area contributed by atoms with Gasteiger partial charge < -0.3 is 44.5 Å². The van der Waals surface area contributed by atoms with Crippen molar-refractivity contribution in [3.05, 3.63) is 51.9 Å². The van der Waals surface area contributed by atoms with Crippen molar-refractivity contribution in [2.45, 2.75) is 83.3 Å². The van der Waals surface area contributed by atoms with Crippen LogP contribution in [0.25, 0.3) is 22.1 Å². The van der Waals surface area contributed by atoms with Gasteiger partial charge in [0.05, 0.1) is 23.3 Å². The third kappa shape index (κ3) is 6.86. The second-order valence-electron chi connectivity index (χ2n) is 13.6. The molecule has 12 nitrogen and oxygen atoms in total. The first-order valence-electron chi connectivity index (χ1n) is 16.6. The summed E-state index contributed by atoms with van der Waals surface area (Å²) < 4.78 is 17.2. The zero-order chi connectivity index (χ0) is 33.4. The first-order valence-corrected chi connectivity index (χ1v) is 16.6. The fraction of sp³-hybridized carbons (Fsp3) is 0.571. The number of aliphatic hydroxyl groups is 4. The molecule has 256 valence electrons. The third-order valence-electron chi connectivity index (χ3n) is 9.87. The van der Waals surface area contributed by atoms with E-state index in [-0.39, 0.29) is 33.8 Å². The van der Waals surface area contributed by atoms with E-state index in [1.54, 1.807) is 24.3 Å². The first-order chi connectivity index (χ1) is 22.5. The normalized spacial score (nSPS) is 29.3. The smallest absolute Gasteiger partial charge is 0.229 e. The Morgan fingerprint density at radius 2 is 1.47 bits per heavy atom. The van der Waals surface area contributed by atoms with E-state index in [1.165, 1.54) is 6.26 Å². The Labute approximate surface area is 273 Å². The molecule has 7 atom stereocenters. The van der Waals surface area contributed by atoms with E-state index in [9.17, 15) is 35.4 Å². The van der Waals surface area contributed by atoms with Gasteiger partial charge in [-0.25, -0.2) is 0 Å². The van der Waals surface area contributed by atoms with Crippen molar-refractivity contribution >= 4 is 11.0 Å². The van der Waals surface area contributed by atoms with Crippen LogP contribution >= 0.6 is 0 Å². The summed E-state index contributed by atoms with van der Waals surface area (Å²) in [5, 5.41) is 63.2. The molecule has 1 aromatic heterocycles. The molecule has 47 heavy (non-hydrogen) atoms. The molecule has 0 aliphatic carbocycles. The number of phenols is 2. The van der Waals surface area contributed by atoms with Crippen molar-refractivity contribution in [2.24, 2.45) is 11.8 Å². The zero-order valence-corrected chi connectivity index (χ0v) is 26.9. The monoisotopic (exact) mass is 654 g/mol. The van der Waals surface area contributed by atoms with Crippen molar-refractivity contribution < 1.29 is 44.5 Å². The van der Waals surface area contributed by atoms with E-state index >= 15 is 0 Å². The molecule has 3 aliphatic heterocycles. The van der Waals surface area contributed by atoms with Crippen molar-refractivity contribution in [1.29, 1.82) is 0 Å². The Hall–Kier alpha value is -3.23. The molecule has 4 heterocycles. The number of nitrogens with zero attached hydrogens (tertiary/aromatic N) is 2. The maximum atomic E-state index is 14.1. The molecule has 3 aromatic rings. The minimum absolute atomic E-state index is 0.0297. The fourth-order valence-corrected chi connectivity index (χ4v) is 7.27. The van der Waals surface area contributed by atoms with Crippen LogP contribution in [0, 0.1) is 11.8 Å². The molecule has 2 aromatic carbocycles. The van der Waals surface area contributed by atoms with Gasteiger partial charge in [-0.3, -0.25) is 14.6 Å². The molecule has 6 N–H and O–H groups in total. The summed E-state index contributed by atoms with van der Waals surface area (Å²) >= 11 is 0. The average Bonchev–Trinajstić information content (AvgIpc) is 3.05. The molecule has 3 aliphatic rings. The largest absolute Gasteiger partial charge is 0.507 e. The molecule has 0 saturated carbocycles. The van der Waals surface area contributed by atoms with Gasteiger partial charge in [-0.2, -0.15) is 0 Å².